The van der Waals surface area contributed by atoms with Crippen LogP contribution in [0.5, 0.6) is 0 Å². The normalized spacial score (nSPS) is 23.9. The lowest BCUT2D eigenvalue weighted by Gasteiger charge is -2.37. The number of para-hydroxylation sites is 1. The lowest BCUT2D eigenvalue weighted by molar-refractivity contribution is 0.0695. The number of rotatable bonds is 1. The second-order valence-electron chi connectivity index (χ2n) is 6.14. The number of aryl methyl sites for hydroxylation is 1. The van der Waals surface area contributed by atoms with Gasteiger partial charge in [0.15, 0.2) is 9.84 Å². The van der Waals surface area contributed by atoms with E-state index in [-0.39, 0.29) is 24.2 Å². The van der Waals surface area contributed by atoms with Crippen molar-refractivity contribution in [3.63, 3.8) is 0 Å². The summed E-state index contributed by atoms with van der Waals surface area (Å²) in [4.78, 5) is 19.1. The van der Waals surface area contributed by atoms with Gasteiger partial charge in [-0.2, -0.15) is 0 Å². The minimum atomic E-state index is -3.12. The first-order valence-electron chi connectivity index (χ1n) is 7.70. The van der Waals surface area contributed by atoms with E-state index in [0.29, 0.717) is 11.1 Å². The molecule has 1 aromatic carbocycles. The second kappa shape index (κ2) is 5.60. The maximum Gasteiger partial charge on any atom is 0.256 e. The van der Waals surface area contributed by atoms with Gasteiger partial charge in [-0.1, -0.05) is 18.2 Å². The summed E-state index contributed by atoms with van der Waals surface area (Å²) in [5.74, 6) is -0.135. The molecular weight excluding hydrogens is 312 g/mol. The molecule has 2 heterocycles. The quantitative estimate of drug-likeness (QED) is 0.803. The highest BCUT2D eigenvalue weighted by Crippen LogP contribution is 2.24. The molecule has 1 aliphatic heterocycles. The van der Waals surface area contributed by atoms with Crippen LogP contribution in [0, 0.1) is 6.92 Å². The summed E-state index contributed by atoms with van der Waals surface area (Å²) in [5, 5.41) is 0.358. The van der Waals surface area contributed by atoms with Crippen molar-refractivity contribution in [2.75, 3.05) is 12.3 Å². The lowest BCUT2D eigenvalue weighted by atomic mass is 10.1. The largest absolute Gasteiger partial charge is 0.334 e. The molecule has 1 aromatic heterocycles. The van der Waals surface area contributed by atoms with Crippen LogP contribution in [-0.4, -0.2) is 47.8 Å². The van der Waals surface area contributed by atoms with Crippen LogP contribution in [0.2, 0.25) is 0 Å². The van der Waals surface area contributed by atoms with Crippen molar-refractivity contribution in [1.82, 2.24) is 9.88 Å². The summed E-state index contributed by atoms with van der Waals surface area (Å²) >= 11 is 0. The lowest BCUT2D eigenvalue weighted by Crippen LogP contribution is -2.54. The van der Waals surface area contributed by atoms with Gasteiger partial charge in [-0.05, 0) is 32.9 Å². The molecule has 2 aromatic rings. The molecule has 0 unspecified atom stereocenters. The van der Waals surface area contributed by atoms with Crippen LogP contribution in [0.3, 0.4) is 0 Å². The number of fused-ring (bicyclic) bond motifs is 1. The van der Waals surface area contributed by atoms with Crippen molar-refractivity contribution in [2.24, 2.45) is 0 Å². The van der Waals surface area contributed by atoms with Crippen LogP contribution in [0.25, 0.3) is 10.9 Å². The van der Waals surface area contributed by atoms with Gasteiger partial charge in [0.25, 0.3) is 5.91 Å². The van der Waals surface area contributed by atoms with E-state index in [4.69, 9.17) is 0 Å². The molecule has 122 valence electrons. The smallest absolute Gasteiger partial charge is 0.256 e. The van der Waals surface area contributed by atoms with Crippen molar-refractivity contribution < 1.29 is 13.2 Å². The molecule has 6 heteroatoms. The Morgan fingerprint density at radius 3 is 2.70 bits per heavy atom. The van der Waals surface area contributed by atoms with Gasteiger partial charge in [0.2, 0.25) is 0 Å². The minimum absolute atomic E-state index is 0.0153. The molecule has 0 N–H and O–H groups in total. The molecule has 3 rings (SSSR count). The number of nitrogens with zero attached hydrogens (tertiary/aromatic N) is 2. The topological polar surface area (TPSA) is 67.3 Å². The Kier molecular flexibility index (Phi) is 3.88. The Labute approximate surface area is 136 Å². The molecule has 0 radical (unpaired) electrons. The number of benzene rings is 1. The summed E-state index contributed by atoms with van der Waals surface area (Å²) in [6, 6.07) is 9.03. The predicted molar refractivity (Wildman–Crippen MR) is 90.2 cm³/mol. The third kappa shape index (κ3) is 2.72. The average Bonchev–Trinajstić information content (AvgIpc) is 2.51. The molecule has 0 saturated carbocycles. The average molecular weight is 332 g/mol. The monoisotopic (exact) mass is 332 g/mol. The zero-order chi connectivity index (χ0) is 16.8. The molecule has 23 heavy (non-hydrogen) atoms. The molecule has 0 spiro atoms. The summed E-state index contributed by atoms with van der Waals surface area (Å²) in [6.07, 6.45) is 0. The highest BCUT2D eigenvalue weighted by Gasteiger charge is 2.38. The van der Waals surface area contributed by atoms with Gasteiger partial charge in [-0.3, -0.25) is 9.78 Å². The van der Waals surface area contributed by atoms with Gasteiger partial charge in [0, 0.05) is 23.7 Å². The van der Waals surface area contributed by atoms with E-state index in [9.17, 15) is 13.2 Å². The number of amides is 1. The van der Waals surface area contributed by atoms with Crippen LogP contribution in [0.4, 0.5) is 0 Å². The van der Waals surface area contributed by atoms with Crippen LogP contribution < -0.4 is 0 Å². The number of carbonyl (C=O) groups excluding carboxylic acids is 1. The molecule has 0 aliphatic carbocycles. The third-order valence-corrected chi connectivity index (χ3v) is 6.98. The van der Waals surface area contributed by atoms with Crippen molar-refractivity contribution in [2.45, 2.75) is 32.1 Å². The Hall–Kier alpha value is -1.95. The number of aromatic nitrogens is 1. The number of carbonyl (C=O) groups is 1. The summed E-state index contributed by atoms with van der Waals surface area (Å²) in [5.41, 5.74) is 2.05. The first-order valence-corrected chi connectivity index (χ1v) is 9.42. The summed E-state index contributed by atoms with van der Waals surface area (Å²) in [7, 11) is -3.12. The molecular formula is C17H20N2O3S. The van der Waals surface area contributed by atoms with Gasteiger partial charge < -0.3 is 4.90 Å². The molecule has 2 atom stereocenters. The van der Waals surface area contributed by atoms with Gasteiger partial charge in [0.1, 0.15) is 0 Å². The Morgan fingerprint density at radius 1 is 1.22 bits per heavy atom. The van der Waals surface area contributed by atoms with Crippen LogP contribution >= 0.6 is 0 Å². The summed E-state index contributed by atoms with van der Waals surface area (Å²) < 4.78 is 24.0. The van der Waals surface area contributed by atoms with Crippen molar-refractivity contribution in [3.8, 4) is 0 Å². The van der Waals surface area contributed by atoms with E-state index in [1.54, 1.807) is 24.8 Å². The molecule has 1 fully saturated rings. The fraction of sp³-hybridized carbons (Fsp3) is 0.412. The fourth-order valence-electron chi connectivity index (χ4n) is 3.03. The zero-order valence-electron chi connectivity index (χ0n) is 13.5. The van der Waals surface area contributed by atoms with E-state index in [0.717, 1.165) is 11.1 Å². The van der Waals surface area contributed by atoms with Gasteiger partial charge in [-0.15, -0.1) is 0 Å². The number of sulfone groups is 1. The predicted octanol–water partition coefficient (Wildman–Crippen LogP) is 2.19. The Balaban J connectivity index is 2.03. The van der Waals surface area contributed by atoms with Crippen LogP contribution in [0.15, 0.2) is 30.3 Å². The van der Waals surface area contributed by atoms with E-state index < -0.39 is 15.1 Å². The standard InChI is InChI=1S/C17H20N2O3S/c1-11-7-8-14-5-4-6-15(16(14)18-11)17(20)19-9-10-23(21,22)13(3)12(19)2/h4-8,12-13H,9-10H2,1-3H3/t12-,13+/m0/s1. The van der Waals surface area contributed by atoms with Gasteiger partial charge in [-0.25, -0.2) is 8.42 Å². The first-order chi connectivity index (χ1) is 10.8. The summed E-state index contributed by atoms with van der Waals surface area (Å²) in [6.45, 7) is 5.59. The molecule has 5 nitrogen and oxygen atoms in total. The Bertz CT molecular complexity index is 877. The molecule has 0 bridgehead atoms. The maximum atomic E-state index is 13.0. The number of hydrogen-bond acceptors (Lipinski definition) is 4. The first kappa shape index (κ1) is 15.9. The maximum absolute atomic E-state index is 13.0. The van der Waals surface area contributed by atoms with Crippen molar-refractivity contribution >= 4 is 26.6 Å². The number of hydrogen-bond donors (Lipinski definition) is 0. The Morgan fingerprint density at radius 2 is 1.96 bits per heavy atom. The van der Waals surface area contributed by atoms with Gasteiger partial charge in [0.05, 0.1) is 22.1 Å². The highest BCUT2D eigenvalue weighted by molar-refractivity contribution is 7.92. The van der Waals surface area contributed by atoms with Crippen molar-refractivity contribution in [1.29, 1.82) is 0 Å². The van der Waals surface area contributed by atoms with Crippen LogP contribution in [-0.2, 0) is 9.84 Å². The van der Waals surface area contributed by atoms with E-state index in [1.807, 2.05) is 31.2 Å². The fourth-order valence-corrected chi connectivity index (χ4v) is 4.60. The molecule has 1 amide bonds. The highest BCUT2D eigenvalue weighted by atomic mass is 32.2. The molecule has 1 aliphatic rings. The SMILES string of the molecule is Cc1ccc2cccc(C(=O)N3CCS(=O)(=O)[C@H](C)[C@@H]3C)c2n1. The van der Waals surface area contributed by atoms with E-state index >= 15 is 0 Å². The van der Waals surface area contributed by atoms with Crippen molar-refractivity contribution in [3.05, 3.63) is 41.6 Å². The number of pyridine rings is 1. The minimum Gasteiger partial charge on any atom is -0.334 e. The zero-order valence-corrected chi connectivity index (χ0v) is 14.3. The van der Waals surface area contributed by atoms with E-state index in [1.165, 1.54) is 0 Å². The third-order valence-electron chi connectivity index (χ3n) is 4.70. The van der Waals surface area contributed by atoms with Gasteiger partial charge >= 0.3 is 0 Å². The second-order valence-corrected chi connectivity index (χ2v) is 8.62. The molecule has 1 saturated heterocycles. The van der Waals surface area contributed by atoms with Crippen LogP contribution in [0.1, 0.15) is 29.9 Å². The van der Waals surface area contributed by atoms with E-state index in [2.05, 4.69) is 4.98 Å².